The fourth-order valence-corrected chi connectivity index (χ4v) is 3.65. The zero-order valence-corrected chi connectivity index (χ0v) is 17.9. The van der Waals surface area contributed by atoms with E-state index in [1.165, 1.54) is 7.11 Å². The van der Waals surface area contributed by atoms with Crippen LogP contribution in [0, 0.1) is 0 Å². The molecule has 162 valence electrons. The Morgan fingerprint density at radius 2 is 1.79 bits per heavy atom. The van der Waals surface area contributed by atoms with Gasteiger partial charge in [0.25, 0.3) is 0 Å². The summed E-state index contributed by atoms with van der Waals surface area (Å²) in [4.78, 5) is 25.7. The molecule has 2 N–H and O–H groups in total. The van der Waals surface area contributed by atoms with Crippen LogP contribution in [0.5, 0.6) is 0 Å². The minimum Gasteiger partial charge on any atom is -0.469 e. The topological polar surface area (TPSA) is 79.9 Å². The van der Waals surface area contributed by atoms with E-state index in [1.54, 1.807) is 0 Å². The molecule has 1 saturated heterocycles. The lowest BCUT2D eigenvalue weighted by molar-refractivity contribution is -0.140. The Hall–Kier alpha value is -2.12. The summed E-state index contributed by atoms with van der Waals surface area (Å²) in [6, 6.07) is 7.75. The number of anilines is 1. The molecule has 2 rings (SSSR count). The Bertz CT molecular complexity index is 643. The monoisotopic (exact) mass is 405 g/mol. The van der Waals surface area contributed by atoms with Crippen molar-refractivity contribution in [2.75, 3.05) is 32.1 Å². The first kappa shape index (κ1) is 23.2. The van der Waals surface area contributed by atoms with Crippen molar-refractivity contribution in [3.63, 3.8) is 0 Å². The summed E-state index contributed by atoms with van der Waals surface area (Å²) in [5.74, 6) is -0.165. The van der Waals surface area contributed by atoms with Crippen LogP contribution in [0.15, 0.2) is 24.3 Å². The van der Waals surface area contributed by atoms with Crippen molar-refractivity contribution < 1.29 is 19.1 Å². The van der Waals surface area contributed by atoms with Crippen molar-refractivity contribution in [3.05, 3.63) is 29.8 Å². The summed E-state index contributed by atoms with van der Waals surface area (Å²) < 4.78 is 10.4. The number of carbonyl (C=O) groups excluding carboxylic acids is 2. The molecule has 1 aromatic carbocycles. The van der Waals surface area contributed by atoms with Crippen molar-refractivity contribution >= 4 is 17.7 Å². The van der Waals surface area contributed by atoms with Gasteiger partial charge < -0.3 is 20.1 Å². The summed E-state index contributed by atoms with van der Waals surface area (Å²) in [6.07, 6.45) is 4.54. The highest BCUT2D eigenvalue weighted by molar-refractivity contribution is 5.90. The molecule has 7 nitrogen and oxygen atoms in total. The van der Waals surface area contributed by atoms with Gasteiger partial charge in [0, 0.05) is 38.3 Å². The minimum atomic E-state index is -0.185. The van der Waals surface area contributed by atoms with Crippen molar-refractivity contribution in [2.45, 2.75) is 64.7 Å². The molecule has 1 fully saturated rings. The Balaban J connectivity index is 1.71. The van der Waals surface area contributed by atoms with Gasteiger partial charge in [-0.2, -0.15) is 0 Å². The molecule has 1 heterocycles. The first-order valence-corrected chi connectivity index (χ1v) is 10.5. The third-order valence-corrected chi connectivity index (χ3v) is 4.98. The molecule has 0 spiro atoms. The second kappa shape index (κ2) is 12.4. The van der Waals surface area contributed by atoms with Gasteiger partial charge in [0.05, 0.1) is 19.3 Å². The number of methoxy groups -OCH3 is 1. The molecular weight excluding hydrogens is 370 g/mol. The molecule has 0 bridgehead atoms. The van der Waals surface area contributed by atoms with E-state index in [2.05, 4.69) is 40.2 Å². The van der Waals surface area contributed by atoms with Gasteiger partial charge in [-0.1, -0.05) is 31.0 Å². The van der Waals surface area contributed by atoms with E-state index in [4.69, 9.17) is 4.74 Å². The third-order valence-electron chi connectivity index (χ3n) is 4.98. The summed E-state index contributed by atoms with van der Waals surface area (Å²) in [5, 5.41) is 5.89. The number of carbonyl (C=O) groups is 2. The van der Waals surface area contributed by atoms with E-state index in [-0.39, 0.29) is 24.2 Å². The van der Waals surface area contributed by atoms with Crippen molar-refractivity contribution in [1.29, 1.82) is 0 Å². The number of unbranched alkanes of at least 4 members (excludes halogenated alkanes) is 3. The van der Waals surface area contributed by atoms with Crippen LogP contribution in [0.3, 0.4) is 0 Å². The van der Waals surface area contributed by atoms with Gasteiger partial charge >= 0.3 is 12.0 Å². The fraction of sp³-hybridized carbons (Fsp3) is 0.636. The zero-order valence-electron chi connectivity index (χ0n) is 17.9. The van der Waals surface area contributed by atoms with Crippen LogP contribution in [0.4, 0.5) is 10.5 Å². The number of hydrogen-bond donors (Lipinski definition) is 2. The average Bonchev–Trinajstić information content (AvgIpc) is 2.67. The zero-order chi connectivity index (χ0) is 21.1. The average molecular weight is 406 g/mol. The highest BCUT2D eigenvalue weighted by atomic mass is 16.5. The fourth-order valence-electron chi connectivity index (χ4n) is 3.65. The number of nitrogens with zero attached hydrogens (tertiary/aromatic N) is 1. The number of ether oxygens (including phenoxy) is 2. The molecule has 0 radical (unpaired) electrons. The predicted octanol–water partition coefficient (Wildman–Crippen LogP) is 3.54. The lowest BCUT2D eigenvalue weighted by Crippen LogP contribution is -2.45. The molecule has 0 unspecified atom stereocenters. The number of amides is 2. The molecule has 7 heteroatoms. The largest absolute Gasteiger partial charge is 0.469 e. The number of esters is 1. The second-order valence-electron chi connectivity index (χ2n) is 7.73. The summed E-state index contributed by atoms with van der Waals surface area (Å²) in [7, 11) is 1.41. The van der Waals surface area contributed by atoms with E-state index in [9.17, 15) is 9.59 Å². The maximum absolute atomic E-state index is 12.3. The molecular formula is C22H35N3O4. The second-order valence-corrected chi connectivity index (χ2v) is 7.73. The number of urea groups is 1. The quantitative estimate of drug-likeness (QED) is 0.460. The van der Waals surface area contributed by atoms with Gasteiger partial charge in [-0.3, -0.25) is 9.69 Å². The van der Waals surface area contributed by atoms with Crippen LogP contribution in [-0.4, -0.2) is 55.9 Å². The Labute approximate surface area is 174 Å². The van der Waals surface area contributed by atoms with Gasteiger partial charge in [-0.25, -0.2) is 4.79 Å². The highest BCUT2D eigenvalue weighted by Crippen LogP contribution is 2.20. The highest BCUT2D eigenvalue weighted by Gasteiger charge is 2.22. The molecule has 0 aliphatic carbocycles. The van der Waals surface area contributed by atoms with Gasteiger partial charge in [-0.15, -0.1) is 0 Å². The lowest BCUT2D eigenvalue weighted by Gasteiger charge is -2.35. The normalized spacial score (nSPS) is 19.6. The number of morpholine rings is 1. The van der Waals surface area contributed by atoms with Crippen molar-refractivity contribution in [2.24, 2.45) is 0 Å². The van der Waals surface area contributed by atoms with E-state index in [0.717, 1.165) is 56.6 Å². The van der Waals surface area contributed by atoms with Crippen LogP contribution < -0.4 is 10.6 Å². The first-order chi connectivity index (χ1) is 14.0. The number of nitrogens with one attached hydrogen (secondary N) is 2. The van der Waals surface area contributed by atoms with Crippen molar-refractivity contribution in [1.82, 2.24) is 10.2 Å². The Kier molecular flexibility index (Phi) is 9.94. The predicted molar refractivity (Wildman–Crippen MR) is 114 cm³/mol. The molecule has 1 aliphatic rings. The number of rotatable bonds is 10. The molecule has 0 saturated carbocycles. The van der Waals surface area contributed by atoms with E-state index in [1.807, 2.05) is 18.2 Å². The van der Waals surface area contributed by atoms with Crippen LogP contribution in [0.25, 0.3) is 0 Å². The number of benzene rings is 1. The standard InChI is InChI=1S/C22H35N3O4/c1-17-14-25(15-18(2)29-17)16-19-10-7-8-11-20(19)24-22(27)23-13-9-5-4-6-12-21(26)28-3/h7-8,10-11,17-18H,4-6,9,12-16H2,1-3H3,(H2,23,24,27)/t17-,18-/m0/s1. The van der Waals surface area contributed by atoms with E-state index < -0.39 is 0 Å². The molecule has 2 atom stereocenters. The molecule has 29 heavy (non-hydrogen) atoms. The van der Waals surface area contributed by atoms with Crippen molar-refractivity contribution in [3.8, 4) is 0 Å². The summed E-state index contributed by atoms with van der Waals surface area (Å²) in [5.41, 5.74) is 1.95. The van der Waals surface area contributed by atoms with Crippen LogP contribution >= 0.6 is 0 Å². The summed E-state index contributed by atoms with van der Waals surface area (Å²) >= 11 is 0. The van der Waals surface area contributed by atoms with Crippen LogP contribution in [0.2, 0.25) is 0 Å². The molecule has 1 aromatic rings. The molecule has 1 aliphatic heterocycles. The smallest absolute Gasteiger partial charge is 0.319 e. The summed E-state index contributed by atoms with van der Waals surface area (Å²) in [6.45, 7) is 7.37. The number of hydrogen-bond acceptors (Lipinski definition) is 5. The molecule has 2 amide bonds. The number of para-hydroxylation sites is 1. The van der Waals surface area contributed by atoms with Gasteiger partial charge in [0.1, 0.15) is 0 Å². The van der Waals surface area contributed by atoms with Gasteiger partial charge in [0.2, 0.25) is 0 Å². The van der Waals surface area contributed by atoms with E-state index >= 15 is 0 Å². The van der Waals surface area contributed by atoms with Crippen LogP contribution in [0.1, 0.15) is 51.5 Å². The van der Waals surface area contributed by atoms with Gasteiger partial charge in [-0.05, 0) is 38.3 Å². The first-order valence-electron chi connectivity index (χ1n) is 10.5. The SMILES string of the molecule is COC(=O)CCCCCCNC(=O)Nc1ccccc1CN1C[C@H](C)O[C@@H](C)C1. The lowest BCUT2D eigenvalue weighted by atomic mass is 10.1. The maximum Gasteiger partial charge on any atom is 0.319 e. The minimum absolute atomic E-state index is 0.165. The Morgan fingerprint density at radius 3 is 2.52 bits per heavy atom. The third kappa shape index (κ3) is 8.83. The van der Waals surface area contributed by atoms with Gasteiger partial charge in [0.15, 0.2) is 0 Å². The molecule has 0 aromatic heterocycles. The van der Waals surface area contributed by atoms with E-state index in [0.29, 0.717) is 13.0 Å². The Morgan fingerprint density at radius 1 is 1.10 bits per heavy atom. The van der Waals surface area contributed by atoms with Crippen LogP contribution in [-0.2, 0) is 20.8 Å². The maximum atomic E-state index is 12.3.